The van der Waals surface area contributed by atoms with Gasteiger partial charge in [0.25, 0.3) is 5.91 Å². The molecular weight excluding hydrogens is 278 g/mol. The second-order valence-electron chi connectivity index (χ2n) is 6.63. The lowest BCUT2D eigenvalue weighted by atomic mass is 10.00. The molecule has 2 heterocycles. The van der Waals surface area contributed by atoms with Crippen molar-refractivity contribution >= 4 is 5.91 Å². The van der Waals surface area contributed by atoms with Crippen molar-refractivity contribution < 1.29 is 9.53 Å². The summed E-state index contributed by atoms with van der Waals surface area (Å²) in [5, 5.41) is 0. The first-order valence-electron chi connectivity index (χ1n) is 8.13. The SMILES string of the molecule is Cc1nc(CC(C)C)cc(C(=O)N(C)CC2CCOCC2)n1. The molecule has 1 aromatic heterocycles. The Labute approximate surface area is 133 Å². The number of carbonyl (C=O) groups excluding carboxylic acids is 1. The highest BCUT2D eigenvalue weighted by atomic mass is 16.5. The molecule has 5 nitrogen and oxygen atoms in total. The van der Waals surface area contributed by atoms with Crippen LogP contribution in [0.1, 0.15) is 48.7 Å². The van der Waals surface area contributed by atoms with Crippen molar-refractivity contribution in [2.24, 2.45) is 11.8 Å². The van der Waals surface area contributed by atoms with E-state index in [0.29, 0.717) is 23.4 Å². The Morgan fingerprint density at radius 3 is 2.68 bits per heavy atom. The van der Waals surface area contributed by atoms with Gasteiger partial charge < -0.3 is 9.64 Å². The van der Waals surface area contributed by atoms with Crippen molar-refractivity contribution in [2.45, 2.75) is 40.0 Å². The molecule has 0 radical (unpaired) electrons. The first kappa shape index (κ1) is 16.9. The van der Waals surface area contributed by atoms with Crippen LogP contribution < -0.4 is 0 Å². The Hall–Kier alpha value is -1.49. The number of amides is 1. The lowest BCUT2D eigenvalue weighted by Gasteiger charge is -2.27. The molecule has 0 unspecified atom stereocenters. The minimum absolute atomic E-state index is 0.0120. The molecule has 1 aliphatic heterocycles. The zero-order valence-electron chi connectivity index (χ0n) is 14.1. The molecule has 22 heavy (non-hydrogen) atoms. The topological polar surface area (TPSA) is 55.3 Å². The minimum atomic E-state index is -0.0120. The fourth-order valence-corrected chi connectivity index (χ4v) is 2.86. The van der Waals surface area contributed by atoms with Crippen molar-refractivity contribution in [1.82, 2.24) is 14.9 Å². The number of rotatable bonds is 5. The Bertz CT molecular complexity index is 511. The van der Waals surface area contributed by atoms with E-state index in [1.807, 2.05) is 20.0 Å². The van der Waals surface area contributed by atoms with E-state index in [1.54, 1.807) is 4.90 Å². The van der Waals surface area contributed by atoms with Crippen molar-refractivity contribution in [1.29, 1.82) is 0 Å². The van der Waals surface area contributed by atoms with Crippen LogP contribution >= 0.6 is 0 Å². The van der Waals surface area contributed by atoms with E-state index in [1.165, 1.54) is 0 Å². The van der Waals surface area contributed by atoms with Gasteiger partial charge in [-0.2, -0.15) is 0 Å². The Kier molecular flexibility index (Phi) is 5.89. The molecule has 1 saturated heterocycles. The summed E-state index contributed by atoms with van der Waals surface area (Å²) in [6, 6.07) is 1.84. The van der Waals surface area contributed by atoms with E-state index in [-0.39, 0.29) is 5.91 Å². The largest absolute Gasteiger partial charge is 0.381 e. The monoisotopic (exact) mass is 305 g/mol. The van der Waals surface area contributed by atoms with Crippen LogP contribution in [0.4, 0.5) is 0 Å². The second kappa shape index (κ2) is 7.68. The van der Waals surface area contributed by atoms with Crippen LogP contribution in [0.5, 0.6) is 0 Å². The summed E-state index contributed by atoms with van der Waals surface area (Å²) in [6.45, 7) is 8.52. The van der Waals surface area contributed by atoms with Crippen LogP contribution in [0.25, 0.3) is 0 Å². The average molecular weight is 305 g/mol. The molecule has 1 fully saturated rings. The van der Waals surface area contributed by atoms with Crippen LogP contribution in [0, 0.1) is 18.8 Å². The normalized spacial score (nSPS) is 16.0. The van der Waals surface area contributed by atoms with Crippen LogP contribution in [0.15, 0.2) is 6.07 Å². The molecule has 0 atom stereocenters. The summed E-state index contributed by atoms with van der Waals surface area (Å²) in [6.07, 6.45) is 2.92. The third-order valence-corrected chi connectivity index (χ3v) is 3.95. The van der Waals surface area contributed by atoms with Crippen molar-refractivity contribution in [3.05, 3.63) is 23.3 Å². The average Bonchev–Trinajstić information content (AvgIpc) is 2.46. The van der Waals surface area contributed by atoms with Crippen LogP contribution in [0.2, 0.25) is 0 Å². The lowest BCUT2D eigenvalue weighted by Crippen LogP contribution is -2.34. The number of hydrogen-bond acceptors (Lipinski definition) is 4. The molecule has 0 spiro atoms. The molecule has 0 aliphatic carbocycles. The summed E-state index contributed by atoms with van der Waals surface area (Å²) in [4.78, 5) is 23.2. The molecular formula is C17H27N3O2. The van der Waals surface area contributed by atoms with Crippen LogP contribution in [-0.2, 0) is 11.2 Å². The van der Waals surface area contributed by atoms with Gasteiger partial charge >= 0.3 is 0 Å². The van der Waals surface area contributed by atoms with E-state index >= 15 is 0 Å². The van der Waals surface area contributed by atoms with Gasteiger partial charge in [-0.1, -0.05) is 13.8 Å². The van der Waals surface area contributed by atoms with E-state index in [0.717, 1.165) is 44.7 Å². The Morgan fingerprint density at radius 2 is 2.05 bits per heavy atom. The summed E-state index contributed by atoms with van der Waals surface area (Å²) in [7, 11) is 1.86. The highest BCUT2D eigenvalue weighted by Crippen LogP contribution is 2.17. The number of aryl methyl sites for hydroxylation is 1. The highest BCUT2D eigenvalue weighted by molar-refractivity contribution is 5.92. The summed E-state index contributed by atoms with van der Waals surface area (Å²) in [5.41, 5.74) is 1.46. The number of nitrogens with zero attached hydrogens (tertiary/aromatic N) is 3. The van der Waals surface area contributed by atoms with E-state index in [9.17, 15) is 4.79 Å². The molecule has 1 aliphatic rings. The van der Waals surface area contributed by atoms with Crippen LogP contribution in [0.3, 0.4) is 0 Å². The van der Waals surface area contributed by atoms with Gasteiger partial charge in [-0.3, -0.25) is 4.79 Å². The Balaban J connectivity index is 2.05. The predicted octanol–water partition coefficient (Wildman–Crippen LogP) is 2.48. The summed E-state index contributed by atoms with van der Waals surface area (Å²) < 4.78 is 5.37. The zero-order valence-corrected chi connectivity index (χ0v) is 14.1. The van der Waals surface area contributed by atoms with Gasteiger partial charge in [0.05, 0.1) is 0 Å². The molecule has 1 amide bonds. The fourth-order valence-electron chi connectivity index (χ4n) is 2.86. The van der Waals surface area contributed by atoms with E-state index < -0.39 is 0 Å². The predicted molar refractivity (Wildman–Crippen MR) is 85.8 cm³/mol. The van der Waals surface area contributed by atoms with Crippen molar-refractivity contribution in [3.63, 3.8) is 0 Å². The molecule has 122 valence electrons. The maximum absolute atomic E-state index is 12.6. The highest BCUT2D eigenvalue weighted by Gasteiger charge is 2.21. The van der Waals surface area contributed by atoms with E-state index in [4.69, 9.17) is 4.74 Å². The molecule has 0 bridgehead atoms. The molecule has 0 saturated carbocycles. The van der Waals surface area contributed by atoms with Gasteiger partial charge in [0.1, 0.15) is 11.5 Å². The first-order chi connectivity index (χ1) is 10.5. The summed E-state index contributed by atoms with van der Waals surface area (Å²) in [5.74, 6) is 1.70. The van der Waals surface area contributed by atoms with Gasteiger partial charge in [-0.25, -0.2) is 9.97 Å². The van der Waals surface area contributed by atoms with Gasteiger partial charge in [0, 0.05) is 32.5 Å². The van der Waals surface area contributed by atoms with Crippen LogP contribution in [-0.4, -0.2) is 47.6 Å². The third kappa shape index (κ3) is 4.77. The number of carbonyl (C=O) groups is 1. The van der Waals surface area contributed by atoms with Gasteiger partial charge in [-0.15, -0.1) is 0 Å². The van der Waals surface area contributed by atoms with Crippen molar-refractivity contribution in [3.8, 4) is 0 Å². The number of aromatic nitrogens is 2. The second-order valence-corrected chi connectivity index (χ2v) is 6.63. The molecule has 0 aromatic carbocycles. The zero-order chi connectivity index (χ0) is 16.1. The number of hydrogen-bond donors (Lipinski definition) is 0. The van der Waals surface area contributed by atoms with Crippen molar-refractivity contribution in [2.75, 3.05) is 26.8 Å². The molecule has 5 heteroatoms. The quantitative estimate of drug-likeness (QED) is 0.838. The number of ether oxygens (including phenoxy) is 1. The maximum atomic E-state index is 12.6. The fraction of sp³-hybridized carbons (Fsp3) is 0.706. The Morgan fingerprint density at radius 1 is 1.36 bits per heavy atom. The first-order valence-corrected chi connectivity index (χ1v) is 8.13. The molecule has 1 aromatic rings. The maximum Gasteiger partial charge on any atom is 0.272 e. The minimum Gasteiger partial charge on any atom is -0.381 e. The van der Waals surface area contributed by atoms with Gasteiger partial charge in [0.2, 0.25) is 0 Å². The summed E-state index contributed by atoms with van der Waals surface area (Å²) >= 11 is 0. The molecule has 2 rings (SSSR count). The van der Waals surface area contributed by atoms with Gasteiger partial charge in [0.15, 0.2) is 0 Å². The van der Waals surface area contributed by atoms with E-state index in [2.05, 4.69) is 23.8 Å². The lowest BCUT2D eigenvalue weighted by molar-refractivity contribution is 0.0495. The third-order valence-electron chi connectivity index (χ3n) is 3.95. The standard InChI is InChI=1S/C17H27N3O2/c1-12(2)9-15-10-16(19-13(3)18-15)17(21)20(4)11-14-5-7-22-8-6-14/h10,12,14H,5-9,11H2,1-4H3. The van der Waals surface area contributed by atoms with Gasteiger partial charge in [-0.05, 0) is 44.1 Å². The molecule has 0 N–H and O–H groups in total. The smallest absolute Gasteiger partial charge is 0.272 e.